The van der Waals surface area contributed by atoms with Crippen molar-refractivity contribution in [3.05, 3.63) is 35.7 Å². The number of benzene rings is 1. The molecule has 6 heteroatoms. The third-order valence-corrected chi connectivity index (χ3v) is 2.30. The Bertz CT molecular complexity index is 489. The molecule has 0 aliphatic heterocycles. The minimum atomic E-state index is -4.35. The van der Waals surface area contributed by atoms with Gasteiger partial charge in [-0.15, -0.1) is 0 Å². The molecule has 84 valence electrons. The van der Waals surface area contributed by atoms with Gasteiger partial charge in [-0.25, -0.2) is 4.98 Å². The van der Waals surface area contributed by atoms with Crippen molar-refractivity contribution in [2.75, 3.05) is 0 Å². The predicted molar refractivity (Wildman–Crippen MR) is 51.6 cm³/mol. The van der Waals surface area contributed by atoms with Crippen molar-refractivity contribution in [3.63, 3.8) is 0 Å². The van der Waals surface area contributed by atoms with Gasteiger partial charge < -0.3 is 0 Å². The Kier molecular flexibility index (Phi) is 2.41. The highest BCUT2D eigenvalue weighted by atomic mass is 19.4. The molecule has 0 bridgehead atoms. The van der Waals surface area contributed by atoms with E-state index < -0.39 is 11.7 Å². The SMILES string of the molecule is Cc1c(-c2nc[nH]n2)cccc1C(F)(F)F. The number of nitrogens with zero attached hydrogens (tertiary/aromatic N) is 2. The van der Waals surface area contributed by atoms with Crippen LogP contribution in [0.1, 0.15) is 11.1 Å². The molecular formula is C10H8F3N3. The molecule has 2 aromatic rings. The van der Waals surface area contributed by atoms with Crippen molar-refractivity contribution in [2.24, 2.45) is 0 Å². The fraction of sp³-hybridized carbons (Fsp3) is 0.200. The van der Waals surface area contributed by atoms with Gasteiger partial charge in [-0.3, -0.25) is 5.10 Å². The number of hydrogen-bond donors (Lipinski definition) is 1. The van der Waals surface area contributed by atoms with Crippen LogP contribution in [0.5, 0.6) is 0 Å². The Morgan fingerprint density at radius 3 is 2.56 bits per heavy atom. The summed E-state index contributed by atoms with van der Waals surface area (Å²) in [7, 11) is 0. The number of H-pyrrole nitrogens is 1. The minimum absolute atomic E-state index is 0.134. The lowest BCUT2D eigenvalue weighted by atomic mass is 10.0. The molecule has 0 aliphatic carbocycles. The van der Waals surface area contributed by atoms with Crippen LogP contribution in [-0.2, 0) is 6.18 Å². The average Bonchev–Trinajstić information content (AvgIpc) is 2.69. The monoisotopic (exact) mass is 227 g/mol. The van der Waals surface area contributed by atoms with E-state index in [0.717, 1.165) is 6.07 Å². The average molecular weight is 227 g/mol. The molecule has 2 rings (SSSR count). The lowest BCUT2D eigenvalue weighted by molar-refractivity contribution is -0.138. The lowest BCUT2D eigenvalue weighted by Gasteiger charge is -2.11. The summed E-state index contributed by atoms with van der Waals surface area (Å²) in [6.45, 7) is 1.41. The first-order valence-corrected chi connectivity index (χ1v) is 4.53. The Labute approximate surface area is 89.3 Å². The highest BCUT2D eigenvalue weighted by Gasteiger charge is 2.33. The highest BCUT2D eigenvalue weighted by molar-refractivity contribution is 5.61. The molecule has 0 aliphatic rings. The third-order valence-electron chi connectivity index (χ3n) is 2.30. The van der Waals surface area contributed by atoms with Gasteiger partial charge in [-0.05, 0) is 18.6 Å². The Morgan fingerprint density at radius 2 is 2.00 bits per heavy atom. The van der Waals surface area contributed by atoms with Crippen LogP contribution >= 0.6 is 0 Å². The first-order chi connectivity index (χ1) is 7.50. The van der Waals surface area contributed by atoms with Crippen molar-refractivity contribution in [1.82, 2.24) is 15.2 Å². The van der Waals surface area contributed by atoms with Gasteiger partial charge in [0.1, 0.15) is 6.33 Å². The van der Waals surface area contributed by atoms with E-state index in [9.17, 15) is 13.2 Å². The van der Waals surface area contributed by atoms with E-state index >= 15 is 0 Å². The molecule has 1 heterocycles. The summed E-state index contributed by atoms with van der Waals surface area (Å²) < 4.78 is 37.9. The van der Waals surface area contributed by atoms with Crippen LogP contribution < -0.4 is 0 Å². The fourth-order valence-electron chi connectivity index (χ4n) is 1.52. The maximum Gasteiger partial charge on any atom is 0.416 e. The second kappa shape index (κ2) is 3.62. The van der Waals surface area contributed by atoms with Gasteiger partial charge in [0.15, 0.2) is 5.82 Å². The standard InChI is InChI=1S/C10H8F3N3/c1-6-7(9-14-5-15-16-9)3-2-4-8(6)10(11,12)13/h2-5H,1H3,(H,14,15,16). The number of aromatic amines is 1. The van der Waals surface area contributed by atoms with E-state index in [0.29, 0.717) is 5.56 Å². The van der Waals surface area contributed by atoms with Crippen LogP contribution in [0, 0.1) is 6.92 Å². The van der Waals surface area contributed by atoms with Crippen molar-refractivity contribution in [3.8, 4) is 11.4 Å². The van der Waals surface area contributed by atoms with E-state index in [1.54, 1.807) is 6.07 Å². The molecule has 0 saturated carbocycles. The third kappa shape index (κ3) is 1.78. The van der Waals surface area contributed by atoms with Crippen molar-refractivity contribution in [1.29, 1.82) is 0 Å². The van der Waals surface area contributed by atoms with Gasteiger partial charge in [0, 0.05) is 5.56 Å². The highest BCUT2D eigenvalue weighted by Crippen LogP contribution is 2.34. The minimum Gasteiger partial charge on any atom is -0.265 e. The van der Waals surface area contributed by atoms with E-state index in [4.69, 9.17) is 0 Å². The summed E-state index contributed by atoms with van der Waals surface area (Å²) in [4.78, 5) is 3.84. The fourth-order valence-corrected chi connectivity index (χ4v) is 1.52. The smallest absolute Gasteiger partial charge is 0.265 e. The van der Waals surface area contributed by atoms with Gasteiger partial charge in [-0.1, -0.05) is 12.1 Å². The van der Waals surface area contributed by atoms with E-state index in [-0.39, 0.29) is 11.4 Å². The van der Waals surface area contributed by atoms with Crippen LogP contribution in [0.2, 0.25) is 0 Å². The van der Waals surface area contributed by atoms with E-state index in [1.807, 2.05) is 0 Å². The summed E-state index contributed by atoms with van der Waals surface area (Å²) in [6, 6.07) is 3.96. The zero-order valence-electron chi connectivity index (χ0n) is 8.34. The van der Waals surface area contributed by atoms with E-state index in [1.165, 1.54) is 19.3 Å². The number of nitrogens with one attached hydrogen (secondary N) is 1. The van der Waals surface area contributed by atoms with Crippen LogP contribution in [0.4, 0.5) is 13.2 Å². The van der Waals surface area contributed by atoms with Crippen LogP contribution in [-0.4, -0.2) is 15.2 Å². The lowest BCUT2D eigenvalue weighted by Crippen LogP contribution is -2.08. The molecule has 0 saturated heterocycles. The number of rotatable bonds is 1. The van der Waals surface area contributed by atoms with Crippen LogP contribution in [0.25, 0.3) is 11.4 Å². The summed E-state index contributed by atoms with van der Waals surface area (Å²) in [5.74, 6) is 0.267. The first-order valence-electron chi connectivity index (χ1n) is 4.53. The summed E-state index contributed by atoms with van der Waals surface area (Å²) in [5.41, 5.74) is -0.138. The van der Waals surface area contributed by atoms with Crippen molar-refractivity contribution < 1.29 is 13.2 Å². The Morgan fingerprint density at radius 1 is 1.25 bits per heavy atom. The number of aromatic nitrogens is 3. The normalized spacial score (nSPS) is 11.8. The van der Waals surface area contributed by atoms with E-state index in [2.05, 4.69) is 15.2 Å². The molecule has 0 fully saturated rings. The Balaban J connectivity index is 2.58. The molecule has 0 amide bonds. The second-order valence-electron chi connectivity index (χ2n) is 3.30. The summed E-state index contributed by atoms with van der Waals surface area (Å²) >= 11 is 0. The molecule has 3 nitrogen and oxygen atoms in total. The second-order valence-corrected chi connectivity index (χ2v) is 3.30. The largest absolute Gasteiger partial charge is 0.416 e. The van der Waals surface area contributed by atoms with Gasteiger partial charge in [-0.2, -0.15) is 18.3 Å². The maximum absolute atomic E-state index is 12.6. The first kappa shape index (κ1) is 10.7. The molecular weight excluding hydrogens is 219 g/mol. The molecule has 0 radical (unpaired) electrons. The zero-order chi connectivity index (χ0) is 11.8. The molecule has 0 spiro atoms. The number of hydrogen-bond acceptors (Lipinski definition) is 2. The number of halogens is 3. The van der Waals surface area contributed by atoms with Crippen LogP contribution in [0.15, 0.2) is 24.5 Å². The molecule has 16 heavy (non-hydrogen) atoms. The molecule has 1 aromatic carbocycles. The Hall–Kier alpha value is -1.85. The van der Waals surface area contributed by atoms with Crippen molar-refractivity contribution in [2.45, 2.75) is 13.1 Å². The predicted octanol–water partition coefficient (Wildman–Crippen LogP) is 2.80. The van der Waals surface area contributed by atoms with Gasteiger partial charge in [0.05, 0.1) is 5.56 Å². The maximum atomic E-state index is 12.6. The van der Waals surface area contributed by atoms with Gasteiger partial charge >= 0.3 is 6.18 Å². The number of alkyl halides is 3. The molecule has 0 unspecified atom stereocenters. The summed E-state index contributed by atoms with van der Waals surface area (Å²) in [6.07, 6.45) is -3.02. The van der Waals surface area contributed by atoms with Gasteiger partial charge in [0.25, 0.3) is 0 Å². The molecule has 0 atom stereocenters. The zero-order valence-corrected chi connectivity index (χ0v) is 8.34. The summed E-state index contributed by atoms with van der Waals surface area (Å²) in [5, 5.41) is 6.24. The van der Waals surface area contributed by atoms with Gasteiger partial charge in [0.2, 0.25) is 0 Å². The quantitative estimate of drug-likeness (QED) is 0.813. The van der Waals surface area contributed by atoms with Crippen LogP contribution in [0.3, 0.4) is 0 Å². The molecule has 1 N–H and O–H groups in total. The topological polar surface area (TPSA) is 41.6 Å². The molecule has 1 aromatic heterocycles. The van der Waals surface area contributed by atoms with Crippen molar-refractivity contribution >= 4 is 0 Å².